The van der Waals surface area contributed by atoms with Crippen LogP contribution in [0.1, 0.15) is 125 Å². The van der Waals surface area contributed by atoms with Gasteiger partial charge in [0.2, 0.25) is 0 Å². The molecule has 1 aliphatic carbocycles. The number of anilines is 3. The summed E-state index contributed by atoms with van der Waals surface area (Å²) in [6.07, 6.45) is 0. The standard InChI is InChI=1S/C51H60NO.Rf/c1-22-21-23(2)44-42(24(22)3)43-31(10)30(9)40(38(17)45(43)51(44,19)20)41-32(11)36(15)48-50(39(41)18)53-49-37(16)29(8)28(7)35(14)47(49)52(48)46-33(12)26(5)25(4)27(6)34(46)13;/h1-20H3;. The van der Waals surface area contributed by atoms with E-state index in [2.05, 4.69) is 143 Å². The van der Waals surface area contributed by atoms with Crippen LogP contribution in [0.25, 0.3) is 22.3 Å². The van der Waals surface area contributed by atoms with E-state index in [4.69, 9.17) is 4.74 Å². The fraction of sp³-hybridized carbons (Fsp3) is 0.412. The Bertz CT molecular complexity index is 2520. The Balaban J connectivity index is 1.62. The molecule has 7 rings (SSSR count). The van der Waals surface area contributed by atoms with Crippen molar-refractivity contribution in [1.29, 1.82) is 0 Å². The average Bonchev–Trinajstić information content (AvgIpc) is 3.39. The topological polar surface area (TPSA) is 12.5 Å². The molecule has 0 saturated carbocycles. The Labute approximate surface area is 320 Å². The van der Waals surface area contributed by atoms with Gasteiger partial charge >= 0.3 is 198 Å². The van der Waals surface area contributed by atoms with Gasteiger partial charge in [-0.05, 0) is 112 Å². The van der Waals surface area contributed by atoms with E-state index < -0.39 is 0 Å². The summed E-state index contributed by atoms with van der Waals surface area (Å²) >= 11 is 0. The second-order valence-corrected chi connectivity index (χ2v) is 20.9. The van der Waals surface area contributed by atoms with Crippen molar-refractivity contribution in [2.24, 2.45) is 0 Å². The molecule has 0 unspecified atom stereocenters. The quantitative estimate of drug-likeness (QED) is 0.171. The third-order valence-corrected chi connectivity index (χ3v) is 20.0. The van der Waals surface area contributed by atoms with Crippen molar-refractivity contribution in [1.82, 2.24) is 0 Å². The van der Waals surface area contributed by atoms with Crippen molar-refractivity contribution >= 4 is 23.1 Å². The van der Waals surface area contributed by atoms with Crippen LogP contribution in [0, 0.1) is 125 Å². The molecule has 0 saturated heterocycles. The van der Waals surface area contributed by atoms with E-state index in [1.165, 1.54) is 145 Å². The van der Waals surface area contributed by atoms with Gasteiger partial charge in [0.15, 0.2) is 0 Å². The fourth-order valence-corrected chi connectivity index (χ4v) is 12.8. The number of hydrogen-bond acceptors (Lipinski definition) is 2. The molecular weight excluding hydrogens is 910 g/mol. The van der Waals surface area contributed by atoms with E-state index >= 15 is 0 Å². The van der Waals surface area contributed by atoms with Crippen molar-refractivity contribution in [2.75, 3.05) is 4.90 Å². The van der Waals surface area contributed by atoms with Gasteiger partial charge < -0.3 is 0 Å². The molecule has 277 valence electrons. The summed E-state index contributed by atoms with van der Waals surface area (Å²) in [6.45, 7) is 46.9. The maximum absolute atomic E-state index is 7.39. The Kier molecular flexibility index (Phi) is 7.96. The van der Waals surface area contributed by atoms with Gasteiger partial charge in [0.25, 0.3) is 0 Å². The molecule has 5 aromatic carbocycles. The number of nitrogens with zero attached hydrogens (tertiary/aromatic N) is 1. The molecule has 0 N–H and O–H groups in total. The summed E-state index contributed by atoms with van der Waals surface area (Å²) in [5.41, 5.74) is 36.9. The van der Waals surface area contributed by atoms with Crippen LogP contribution in [0.5, 0.6) is 11.5 Å². The van der Waals surface area contributed by atoms with E-state index in [1.807, 2.05) is 0 Å². The molecule has 1 aliphatic heterocycles. The summed E-state index contributed by atoms with van der Waals surface area (Å²) in [5.74, 6) is 1.98. The van der Waals surface area contributed by atoms with Gasteiger partial charge in [0.05, 0.1) is 11.4 Å². The first-order chi connectivity index (χ1) is 25.0. The predicted octanol–water partition coefficient (Wildman–Crippen LogP) is 14.0. The zero-order valence-corrected chi connectivity index (χ0v) is 43.5. The van der Waals surface area contributed by atoms with Crippen LogP contribution < -0.4 is 15.7 Å². The van der Waals surface area contributed by atoms with Crippen molar-refractivity contribution < 1.29 is 4.74 Å². The normalized spacial score (nSPS) is 13.9. The number of hydrogen-bond donors (Lipinski definition) is 0. The molecule has 5 aromatic rings. The maximum atomic E-state index is 7.39. The number of benzene rings is 5. The van der Waals surface area contributed by atoms with Gasteiger partial charge in [-0.1, -0.05) is 0 Å². The Hall–Kier alpha value is -5.30. The first-order valence-electron chi connectivity index (χ1n) is 19.9. The molecule has 0 atom stereocenters. The average molecular weight is 970 g/mol. The minimum Gasteiger partial charge on any atom is -0.0429 e. The summed E-state index contributed by atoms with van der Waals surface area (Å²) < 4.78 is 7.82. The van der Waals surface area contributed by atoms with Gasteiger partial charge in [-0.2, -0.15) is 0 Å². The van der Waals surface area contributed by atoms with Crippen molar-refractivity contribution in [3.05, 3.63) is 111 Å². The molecule has 0 fully saturated rings. The Morgan fingerprint density at radius 3 is 1.19 bits per heavy atom. The molecule has 3 heteroatoms. The van der Waals surface area contributed by atoms with E-state index in [9.17, 15) is 0 Å². The van der Waals surface area contributed by atoms with Crippen LogP contribution in [0.2, 0.25) is 0 Å². The van der Waals surface area contributed by atoms with Crippen LogP contribution in [0.15, 0.2) is 0 Å². The third kappa shape index (κ3) is 4.29. The van der Waals surface area contributed by atoms with E-state index in [-0.39, 0.29) is 5.41 Å². The van der Waals surface area contributed by atoms with Crippen molar-refractivity contribution in [3.8, 4) is 33.8 Å². The van der Waals surface area contributed by atoms with Crippen molar-refractivity contribution in [3.63, 3.8) is 0 Å². The molecule has 54 heavy (non-hydrogen) atoms. The van der Waals surface area contributed by atoms with Crippen LogP contribution in [-0.2, 0) is 5.41 Å². The first-order valence-corrected chi connectivity index (χ1v) is 23.1. The molecule has 0 aromatic heterocycles. The molecular formula is C51H60NORf. The minimum atomic E-state index is -0.0848. The third-order valence-electron chi connectivity index (χ3n) is 15.2. The molecule has 2 aliphatic rings. The number of ether oxygens (including phenoxy) is 1. The van der Waals surface area contributed by atoms with Crippen LogP contribution >= 0.6 is 0 Å². The van der Waals surface area contributed by atoms with Gasteiger partial charge in [-0.3, -0.25) is 0 Å². The fourth-order valence-electron chi connectivity index (χ4n) is 10.8. The van der Waals surface area contributed by atoms with Crippen molar-refractivity contribution in [2.45, 2.75) is 144 Å². The zero-order chi connectivity index (χ0) is 40.1. The van der Waals surface area contributed by atoms with Crippen LogP contribution in [0.4, 0.5) is 17.1 Å². The Morgan fingerprint density at radius 2 is 0.667 bits per heavy atom. The monoisotopic (exact) mass is 970 g/mol. The van der Waals surface area contributed by atoms with Gasteiger partial charge in [-0.15, -0.1) is 0 Å². The van der Waals surface area contributed by atoms with Crippen LogP contribution in [-0.4, -0.2) is 0 Å². The molecule has 2 nitrogen and oxygen atoms in total. The maximum Gasteiger partial charge on any atom is -0.0235 e. The molecule has 0 bridgehead atoms. The van der Waals surface area contributed by atoms with E-state index in [0.717, 1.165) is 11.5 Å². The molecule has 0 amide bonds. The Morgan fingerprint density at radius 1 is 0.333 bits per heavy atom. The number of fused-ring (bicyclic) bond motifs is 5. The SMILES string of the molecule is Cc1c(C)c(C)c(N2c3c(C)c(C)c(C)c(C)c3Oc3c(C)c(-c4c(C)c(C)c5c(c4C)C(C)(C)c4c(C)[c]([Rf])c(C)c(C)c4-5)c(C)c(C)c32)c(C)c1C. The van der Waals surface area contributed by atoms with E-state index in [1.54, 1.807) is 11.6 Å². The molecule has 0 spiro atoms. The van der Waals surface area contributed by atoms with Gasteiger partial charge in [0, 0.05) is 0 Å². The zero-order valence-electron chi connectivity index (χ0n) is 37.1. The summed E-state index contributed by atoms with van der Waals surface area (Å²) in [6, 6.07) is 1.64. The summed E-state index contributed by atoms with van der Waals surface area (Å²) in [5, 5.41) is 0. The number of rotatable bonds is 2. The van der Waals surface area contributed by atoms with E-state index in [0.29, 0.717) is 0 Å². The molecule has 0 radical (unpaired) electrons. The van der Waals surface area contributed by atoms with Crippen LogP contribution in [0.3, 0.4) is 0 Å². The van der Waals surface area contributed by atoms with Gasteiger partial charge in [0.1, 0.15) is 0 Å². The summed E-state index contributed by atoms with van der Waals surface area (Å²) in [7, 11) is 0. The summed E-state index contributed by atoms with van der Waals surface area (Å²) in [4.78, 5) is 2.61. The smallest absolute Gasteiger partial charge is 0.0235 e. The predicted molar refractivity (Wildman–Crippen MR) is 229 cm³/mol. The second kappa shape index (κ2) is 11.6. The molecule has 1 heterocycles. The minimum absolute atomic E-state index is 0.0848. The van der Waals surface area contributed by atoms with Gasteiger partial charge in [-0.25, -0.2) is 0 Å². The first kappa shape index (κ1) is 37.0. The second-order valence-electron chi connectivity index (χ2n) is 17.7. The largest absolute Gasteiger partial charge is 0.0429 e.